The predicted octanol–water partition coefficient (Wildman–Crippen LogP) is 4.70. The largest absolute Gasteiger partial charge is 0.421 e. The number of nitrogens with one attached hydrogen (secondary N) is 1. The highest BCUT2D eigenvalue weighted by atomic mass is 19.4. The van der Waals surface area contributed by atoms with Crippen LogP contribution in [0.3, 0.4) is 0 Å². The number of aromatic nitrogens is 2. The van der Waals surface area contributed by atoms with Crippen molar-refractivity contribution in [1.82, 2.24) is 9.97 Å². The topological polar surface area (TPSA) is 76.3 Å². The molecule has 0 amide bonds. The van der Waals surface area contributed by atoms with Gasteiger partial charge in [0.1, 0.15) is 5.56 Å². The average Bonchev–Trinajstić information content (AvgIpc) is 3.19. The van der Waals surface area contributed by atoms with Gasteiger partial charge in [0.15, 0.2) is 5.82 Å². The van der Waals surface area contributed by atoms with E-state index in [2.05, 4.69) is 15.3 Å². The second-order valence-corrected chi connectivity index (χ2v) is 6.55. The molecule has 6 nitrogen and oxygen atoms in total. The summed E-state index contributed by atoms with van der Waals surface area (Å²) >= 11 is 0. The van der Waals surface area contributed by atoms with Crippen molar-refractivity contribution < 1.29 is 18.0 Å². The average molecular weight is 401 g/mol. The first-order valence-electron chi connectivity index (χ1n) is 8.96. The van der Waals surface area contributed by atoms with Gasteiger partial charge in [0.05, 0.1) is 12.6 Å². The molecule has 3 aromatic rings. The maximum atomic E-state index is 13.6. The minimum atomic E-state index is -4.62. The Morgan fingerprint density at radius 3 is 2.48 bits per heavy atom. The van der Waals surface area contributed by atoms with E-state index in [1.807, 2.05) is 30.3 Å². The molecule has 0 radical (unpaired) electrons. The summed E-state index contributed by atoms with van der Waals surface area (Å²) in [6, 6.07) is 15.6. The Morgan fingerprint density at radius 1 is 1.07 bits per heavy atom. The van der Waals surface area contributed by atoms with E-state index in [1.165, 1.54) is 5.06 Å². The fourth-order valence-electron chi connectivity index (χ4n) is 3.15. The fourth-order valence-corrected chi connectivity index (χ4v) is 3.15. The molecular weight excluding hydrogens is 383 g/mol. The Morgan fingerprint density at radius 2 is 1.79 bits per heavy atom. The van der Waals surface area contributed by atoms with Gasteiger partial charge in [0.2, 0.25) is 5.95 Å². The van der Waals surface area contributed by atoms with Crippen LogP contribution in [0.15, 0.2) is 60.8 Å². The molecule has 2 aromatic carbocycles. The van der Waals surface area contributed by atoms with Crippen LogP contribution >= 0.6 is 0 Å². The molecule has 1 aliphatic rings. The Balaban J connectivity index is 1.72. The van der Waals surface area contributed by atoms with Crippen LogP contribution in [0.2, 0.25) is 0 Å². The van der Waals surface area contributed by atoms with E-state index in [1.54, 1.807) is 24.3 Å². The van der Waals surface area contributed by atoms with Gasteiger partial charge in [-0.25, -0.2) is 10.0 Å². The van der Waals surface area contributed by atoms with Gasteiger partial charge >= 0.3 is 6.18 Å². The maximum Gasteiger partial charge on any atom is 0.421 e. The van der Waals surface area contributed by atoms with E-state index in [-0.39, 0.29) is 17.8 Å². The van der Waals surface area contributed by atoms with Crippen molar-refractivity contribution in [3.8, 4) is 0 Å². The van der Waals surface area contributed by atoms with Crippen LogP contribution in [0.5, 0.6) is 0 Å². The highest BCUT2D eigenvalue weighted by molar-refractivity contribution is 5.59. The van der Waals surface area contributed by atoms with E-state index < -0.39 is 11.7 Å². The number of nitrogens with zero attached hydrogens (tertiary/aromatic N) is 3. The number of hydrogen-bond acceptors (Lipinski definition) is 6. The molecule has 0 bridgehead atoms. The summed E-state index contributed by atoms with van der Waals surface area (Å²) in [7, 11) is 0. The van der Waals surface area contributed by atoms with Crippen LogP contribution in [-0.4, -0.2) is 16.6 Å². The first-order valence-corrected chi connectivity index (χ1v) is 8.96. The number of halogens is 3. The van der Waals surface area contributed by atoms with Crippen LogP contribution < -0.4 is 16.1 Å². The zero-order valence-electron chi connectivity index (χ0n) is 15.2. The molecule has 1 fully saturated rings. The molecule has 0 saturated carbocycles. The van der Waals surface area contributed by atoms with Crippen molar-refractivity contribution in [1.29, 1.82) is 0 Å². The van der Waals surface area contributed by atoms with Gasteiger partial charge in [0, 0.05) is 24.0 Å². The summed E-state index contributed by atoms with van der Waals surface area (Å²) in [6.45, 7) is 0.293. The zero-order chi connectivity index (χ0) is 20.4. The summed E-state index contributed by atoms with van der Waals surface area (Å²) < 4.78 is 40.9. The molecule has 1 aliphatic heterocycles. The van der Waals surface area contributed by atoms with Crippen molar-refractivity contribution in [3.05, 3.63) is 71.9 Å². The van der Waals surface area contributed by atoms with Gasteiger partial charge in [0.25, 0.3) is 0 Å². The minimum absolute atomic E-state index is 0.0279. The SMILES string of the molecule is Nc1ccc(Nc2ncc(C(F)(F)F)c(N3OCC[C@H]3c3ccccc3)n2)cc1. The summed E-state index contributed by atoms with van der Waals surface area (Å²) in [5.74, 6) is -0.295. The van der Waals surface area contributed by atoms with Crippen LogP contribution in [0.4, 0.5) is 36.3 Å². The highest BCUT2D eigenvalue weighted by Crippen LogP contribution is 2.41. The third kappa shape index (κ3) is 4.09. The third-order valence-electron chi connectivity index (χ3n) is 4.54. The van der Waals surface area contributed by atoms with Crippen LogP contribution in [0, 0.1) is 0 Å². The van der Waals surface area contributed by atoms with Gasteiger partial charge < -0.3 is 11.1 Å². The van der Waals surface area contributed by atoms with Crippen molar-refractivity contribution in [3.63, 3.8) is 0 Å². The summed E-state index contributed by atoms with van der Waals surface area (Å²) in [6.07, 6.45) is -3.31. The summed E-state index contributed by atoms with van der Waals surface area (Å²) in [5, 5.41) is 4.13. The Labute approximate surface area is 165 Å². The summed E-state index contributed by atoms with van der Waals surface area (Å²) in [4.78, 5) is 13.5. The van der Waals surface area contributed by atoms with E-state index >= 15 is 0 Å². The monoisotopic (exact) mass is 401 g/mol. The number of hydroxylamine groups is 1. The third-order valence-corrected chi connectivity index (χ3v) is 4.54. The lowest BCUT2D eigenvalue weighted by atomic mass is 10.0. The van der Waals surface area contributed by atoms with Crippen molar-refractivity contribution in [2.24, 2.45) is 0 Å². The lowest BCUT2D eigenvalue weighted by molar-refractivity contribution is -0.138. The molecule has 0 unspecified atom stereocenters. The molecule has 0 spiro atoms. The normalized spacial score (nSPS) is 16.8. The van der Waals surface area contributed by atoms with E-state index in [0.717, 1.165) is 11.8 Å². The zero-order valence-corrected chi connectivity index (χ0v) is 15.2. The minimum Gasteiger partial charge on any atom is -0.399 e. The second kappa shape index (κ2) is 7.59. The lowest BCUT2D eigenvalue weighted by Gasteiger charge is -2.26. The Hall–Kier alpha value is -3.33. The number of nitrogens with two attached hydrogens (primary N) is 1. The quantitative estimate of drug-likeness (QED) is 0.617. The number of anilines is 4. The molecule has 4 rings (SSSR count). The smallest absolute Gasteiger partial charge is 0.399 e. The predicted molar refractivity (Wildman–Crippen MR) is 103 cm³/mol. The molecule has 2 heterocycles. The van der Waals surface area contributed by atoms with Crippen molar-refractivity contribution >= 4 is 23.1 Å². The molecule has 3 N–H and O–H groups in total. The Kier molecular flexibility index (Phi) is 4.98. The van der Waals surface area contributed by atoms with Gasteiger partial charge in [-0.1, -0.05) is 30.3 Å². The van der Waals surface area contributed by atoms with Gasteiger partial charge in [-0.3, -0.25) is 4.84 Å². The molecule has 150 valence electrons. The van der Waals surface area contributed by atoms with Crippen LogP contribution in [0.1, 0.15) is 23.6 Å². The van der Waals surface area contributed by atoms with Crippen LogP contribution in [0.25, 0.3) is 0 Å². The fraction of sp³-hybridized carbons (Fsp3) is 0.200. The van der Waals surface area contributed by atoms with Crippen LogP contribution in [-0.2, 0) is 11.0 Å². The van der Waals surface area contributed by atoms with E-state index in [4.69, 9.17) is 10.6 Å². The Bertz CT molecular complexity index is 980. The molecule has 29 heavy (non-hydrogen) atoms. The molecule has 1 atom stereocenters. The van der Waals surface area contributed by atoms with E-state index in [9.17, 15) is 13.2 Å². The number of hydrogen-bond donors (Lipinski definition) is 2. The first-order chi connectivity index (χ1) is 13.9. The van der Waals surface area contributed by atoms with Crippen molar-refractivity contribution in [2.45, 2.75) is 18.6 Å². The molecule has 1 aromatic heterocycles. The highest BCUT2D eigenvalue weighted by Gasteiger charge is 2.40. The first kappa shape index (κ1) is 19.0. The summed E-state index contributed by atoms with van der Waals surface area (Å²) in [5.41, 5.74) is 6.73. The second-order valence-electron chi connectivity index (χ2n) is 6.55. The van der Waals surface area contributed by atoms with E-state index in [0.29, 0.717) is 24.4 Å². The number of benzene rings is 2. The van der Waals surface area contributed by atoms with Gasteiger partial charge in [-0.05, 0) is 29.8 Å². The molecule has 9 heteroatoms. The molecule has 1 saturated heterocycles. The molecular formula is C20H18F3N5O. The number of nitrogen functional groups attached to an aromatic ring is 1. The number of alkyl halides is 3. The maximum absolute atomic E-state index is 13.6. The van der Waals surface area contributed by atoms with Gasteiger partial charge in [-0.2, -0.15) is 18.2 Å². The standard InChI is InChI=1S/C20H18F3N5O/c21-20(22,23)16-12-25-19(26-15-8-6-14(24)7-9-15)27-18(16)28-17(10-11-29-28)13-4-2-1-3-5-13/h1-9,12,17H,10-11,24H2,(H,25,26,27)/t17-/m0/s1. The lowest BCUT2D eigenvalue weighted by Crippen LogP contribution is -2.26. The van der Waals surface area contributed by atoms with Crippen molar-refractivity contribution in [2.75, 3.05) is 22.7 Å². The van der Waals surface area contributed by atoms with Gasteiger partial charge in [-0.15, -0.1) is 0 Å². The number of rotatable bonds is 4. The molecule has 0 aliphatic carbocycles.